The molecule has 0 unspecified atom stereocenters. The zero-order valence-electron chi connectivity index (χ0n) is 7.70. The Morgan fingerprint density at radius 1 is 1.57 bits per heavy atom. The van der Waals surface area contributed by atoms with Crippen molar-refractivity contribution >= 4 is 27.3 Å². The lowest BCUT2D eigenvalue weighted by atomic mass is 10.3. The predicted octanol–water partition coefficient (Wildman–Crippen LogP) is 2.37. The first-order valence-electron chi connectivity index (χ1n) is 4.18. The molecular weight excluding hydrogens is 262 g/mol. The van der Waals surface area contributed by atoms with E-state index in [1.54, 1.807) is 17.7 Å². The van der Waals surface area contributed by atoms with Gasteiger partial charge in [-0.2, -0.15) is 0 Å². The Labute approximate surface area is 94.7 Å². The summed E-state index contributed by atoms with van der Waals surface area (Å²) < 4.78 is 3.07. The molecule has 0 aliphatic heterocycles. The Kier molecular flexibility index (Phi) is 2.71. The lowest BCUT2D eigenvalue weighted by Crippen LogP contribution is -2.03. The molecule has 0 radical (unpaired) electrons. The Morgan fingerprint density at radius 2 is 2.36 bits per heavy atom. The predicted molar refractivity (Wildman–Crippen MR) is 62.1 cm³/mol. The van der Waals surface area contributed by atoms with Crippen LogP contribution in [0.5, 0.6) is 0 Å². The monoisotopic (exact) mass is 271 g/mol. The van der Waals surface area contributed by atoms with Crippen LogP contribution in [0.15, 0.2) is 22.2 Å². The molecule has 2 aromatic heterocycles. The first-order valence-corrected chi connectivity index (χ1v) is 5.79. The Morgan fingerprint density at radius 3 is 2.93 bits per heavy atom. The van der Waals surface area contributed by atoms with Gasteiger partial charge < -0.3 is 10.3 Å². The molecule has 0 aromatic carbocycles. The maximum absolute atomic E-state index is 5.67. The third-order valence-electron chi connectivity index (χ3n) is 2.06. The van der Waals surface area contributed by atoms with E-state index in [4.69, 9.17) is 5.73 Å². The van der Waals surface area contributed by atoms with Crippen molar-refractivity contribution < 1.29 is 0 Å². The molecule has 0 saturated carbocycles. The molecule has 0 amide bonds. The quantitative estimate of drug-likeness (QED) is 0.912. The van der Waals surface area contributed by atoms with Gasteiger partial charge in [-0.1, -0.05) is 0 Å². The van der Waals surface area contributed by atoms with Gasteiger partial charge in [-0.3, -0.25) is 0 Å². The molecular formula is C9H10BrN3S. The minimum atomic E-state index is 0.515. The molecule has 5 heteroatoms. The van der Waals surface area contributed by atoms with Crippen LogP contribution in [-0.4, -0.2) is 9.55 Å². The van der Waals surface area contributed by atoms with E-state index in [-0.39, 0.29) is 0 Å². The molecule has 0 aliphatic carbocycles. The smallest absolute Gasteiger partial charge is 0.103 e. The van der Waals surface area contributed by atoms with Gasteiger partial charge in [0.1, 0.15) is 5.69 Å². The van der Waals surface area contributed by atoms with E-state index in [1.807, 2.05) is 17.7 Å². The van der Waals surface area contributed by atoms with E-state index in [0.29, 0.717) is 6.54 Å². The summed E-state index contributed by atoms with van der Waals surface area (Å²) in [6, 6.07) is 4.07. The second-order valence-corrected chi connectivity index (χ2v) is 5.42. The van der Waals surface area contributed by atoms with Crippen molar-refractivity contribution in [1.82, 2.24) is 9.55 Å². The lowest BCUT2D eigenvalue weighted by Gasteiger charge is -2.00. The van der Waals surface area contributed by atoms with Gasteiger partial charge in [0.2, 0.25) is 0 Å². The number of hydrogen-bond donors (Lipinski definition) is 1. The van der Waals surface area contributed by atoms with Gasteiger partial charge in [-0.15, -0.1) is 11.3 Å². The highest BCUT2D eigenvalue weighted by molar-refractivity contribution is 9.11. The van der Waals surface area contributed by atoms with Gasteiger partial charge >= 0.3 is 0 Å². The summed E-state index contributed by atoms with van der Waals surface area (Å²) in [6.45, 7) is 0.515. The minimum absolute atomic E-state index is 0.515. The van der Waals surface area contributed by atoms with E-state index < -0.39 is 0 Å². The molecule has 0 fully saturated rings. The average molecular weight is 272 g/mol. The SMILES string of the molecule is Cn1cnc(-c2ccc(Br)s2)c1CN. The number of nitrogens with two attached hydrogens (primary N) is 1. The highest BCUT2D eigenvalue weighted by Crippen LogP contribution is 2.31. The van der Waals surface area contributed by atoms with Crippen molar-refractivity contribution in [3.8, 4) is 10.6 Å². The van der Waals surface area contributed by atoms with Gasteiger partial charge in [0.15, 0.2) is 0 Å². The number of imidazole rings is 1. The van der Waals surface area contributed by atoms with Gasteiger partial charge in [-0.25, -0.2) is 4.98 Å². The molecule has 2 rings (SSSR count). The first-order chi connectivity index (χ1) is 6.72. The van der Waals surface area contributed by atoms with Gasteiger partial charge in [0.05, 0.1) is 20.7 Å². The number of hydrogen-bond acceptors (Lipinski definition) is 3. The van der Waals surface area contributed by atoms with E-state index in [9.17, 15) is 0 Å². The number of nitrogens with zero attached hydrogens (tertiary/aromatic N) is 2. The van der Waals surface area contributed by atoms with Crippen molar-refractivity contribution in [3.05, 3.63) is 27.9 Å². The summed E-state index contributed by atoms with van der Waals surface area (Å²) in [5, 5.41) is 0. The molecule has 0 saturated heterocycles. The molecule has 74 valence electrons. The van der Waals surface area contributed by atoms with E-state index >= 15 is 0 Å². The van der Waals surface area contributed by atoms with Crippen LogP contribution >= 0.6 is 27.3 Å². The number of aryl methyl sites for hydroxylation is 1. The van der Waals surface area contributed by atoms with E-state index in [2.05, 4.69) is 27.0 Å². The summed E-state index contributed by atoms with van der Waals surface area (Å²) in [5.41, 5.74) is 7.73. The second-order valence-electron chi connectivity index (χ2n) is 2.96. The van der Waals surface area contributed by atoms with Crippen LogP contribution in [0.4, 0.5) is 0 Å². The summed E-state index contributed by atoms with van der Waals surface area (Å²) in [4.78, 5) is 5.49. The average Bonchev–Trinajstić information content (AvgIpc) is 2.71. The number of rotatable bonds is 2. The first kappa shape index (κ1) is 9.89. The molecule has 2 N–H and O–H groups in total. The van der Waals surface area contributed by atoms with Crippen LogP contribution in [0, 0.1) is 0 Å². The van der Waals surface area contributed by atoms with Crippen molar-refractivity contribution in [1.29, 1.82) is 0 Å². The largest absolute Gasteiger partial charge is 0.336 e. The summed E-state index contributed by atoms with van der Waals surface area (Å²) in [7, 11) is 1.96. The molecule has 0 atom stereocenters. The van der Waals surface area contributed by atoms with Crippen LogP contribution in [-0.2, 0) is 13.6 Å². The number of thiophene rings is 1. The van der Waals surface area contributed by atoms with E-state index in [0.717, 1.165) is 20.1 Å². The number of aromatic nitrogens is 2. The van der Waals surface area contributed by atoms with Crippen molar-refractivity contribution in [3.63, 3.8) is 0 Å². The Balaban J connectivity index is 2.51. The van der Waals surface area contributed by atoms with Gasteiger partial charge in [-0.05, 0) is 28.1 Å². The van der Waals surface area contributed by atoms with Crippen molar-refractivity contribution in [2.45, 2.75) is 6.54 Å². The third kappa shape index (κ3) is 1.63. The van der Waals surface area contributed by atoms with Gasteiger partial charge in [0, 0.05) is 13.6 Å². The molecule has 2 heterocycles. The Bertz CT molecular complexity index is 447. The molecule has 0 bridgehead atoms. The summed E-state index contributed by atoms with van der Waals surface area (Å²) in [6.07, 6.45) is 1.80. The molecule has 0 spiro atoms. The zero-order chi connectivity index (χ0) is 10.1. The lowest BCUT2D eigenvalue weighted by molar-refractivity contribution is 0.822. The standard InChI is InChI=1S/C9H10BrN3S/c1-13-5-12-9(6(13)4-11)7-2-3-8(10)14-7/h2-3,5H,4,11H2,1H3. The summed E-state index contributed by atoms with van der Waals surface area (Å²) in [5.74, 6) is 0. The maximum atomic E-state index is 5.67. The normalized spacial score (nSPS) is 10.8. The second kappa shape index (κ2) is 3.84. The fourth-order valence-corrected chi connectivity index (χ4v) is 2.75. The van der Waals surface area contributed by atoms with E-state index in [1.165, 1.54) is 0 Å². The van der Waals surface area contributed by atoms with Crippen LogP contribution in [0.25, 0.3) is 10.6 Å². The summed E-state index contributed by atoms with van der Waals surface area (Å²) >= 11 is 5.10. The molecule has 3 nitrogen and oxygen atoms in total. The molecule has 0 aliphatic rings. The third-order valence-corrected chi connectivity index (χ3v) is 3.69. The highest BCUT2D eigenvalue weighted by Gasteiger charge is 2.10. The van der Waals surface area contributed by atoms with Crippen molar-refractivity contribution in [2.24, 2.45) is 12.8 Å². The van der Waals surface area contributed by atoms with Crippen LogP contribution in [0.3, 0.4) is 0 Å². The Hall–Kier alpha value is -0.650. The van der Waals surface area contributed by atoms with Crippen molar-refractivity contribution in [2.75, 3.05) is 0 Å². The maximum Gasteiger partial charge on any atom is 0.103 e. The van der Waals surface area contributed by atoms with Crippen LogP contribution in [0.1, 0.15) is 5.69 Å². The fourth-order valence-electron chi connectivity index (χ4n) is 1.34. The minimum Gasteiger partial charge on any atom is -0.336 e. The number of halogens is 1. The topological polar surface area (TPSA) is 43.8 Å². The zero-order valence-corrected chi connectivity index (χ0v) is 10.1. The fraction of sp³-hybridized carbons (Fsp3) is 0.222. The highest BCUT2D eigenvalue weighted by atomic mass is 79.9. The molecule has 2 aromatic rings. The molecule has 14 heavy (non-hydrogen) atoms. The van der Waals surface area contributed by atoms with Crippen LogP contribution in [0.2, 0.25) is 0 Å². The van der Waals surface area contributed by atoms with Gasteiger partial charge in [0.25, 0.3) is 0 Å². The van der Waals surface area contributed by atoms with Crippen LogP contribution < -0.4 is 5.73 Å².